The maximum absolute atomic E-state index is 12.9. The van der Waals surface area contributed by atoms with Gasteiger partial charge in [-0.25, -0.2) is 9.59 Å². The van der Waals surface area contributed by atoms with Crippen molar-refractivity contribution in [3.05, 3.63) is 35.4 Å². The molecule has 1 unspecified atom stereocenters. The van der Waals surface area contributed by atoms with E-state index < -0.39 is 34.9 Å². The molecule has 0 spiro atoms. The molecular weight excluding hydrogens is 496 g/mol. The van der Waals surface area contributed by atoms with Crippen LogP contribution in [0.5, 0.6) is 34.5 Å². The van der Waals surface area contributed by atoms with Gasteiger partial charge in [-0.1, -0.05) is 0 Å². The zero-order valence-corrected chi connectivity index (χ0v) is 21.6. The van der Waals surface area contributed by atoms with Gasteiger partial charge < -0.3 is 37.9 Å². The van der Waals surface area contributed by atoms with Gasteiger partial charge in [-0.15, -0.1) is 0 Å². The van der Waals surface area contributed by atoms with Crippen molar-refractivity contribution in [1.82, 2.24) is 0 Å². The molecule has 0 aliphatic carbocycles. The van der Waals surface area contributed by atoms with E-state index in [2.05, 4.69) is 0 Å². The zero-order chi connectivity index (χ0) is 26.4. The molecule has 1 heterocycles. The molecule has 3 atom stereocenters. The number of hydrogen-bond donors (Lipinski definition) is 0. The first-order chi connectivity index (χ1) is 17.3. The molecule has 196 valence electrons. The molecule has 0 N–H and O–H groups in total. The molecule has 36 heavy (non-hydrogen) atoms. The van der Waals surface area contributed by atoms with Crippen molar-refractivity contribution in [3.63, 3.8) is 0 Å². The highest BCUT2D eigenvalue weighted by Crippen LogP contribution is 2.39. The number of rotatable bonds is 10. The molecule has 2 aromatic carbocycles. The number of methoxy groups -OCH3 is 6. The standard InChI is InChI=1S/C24H28O11S/c1-28-15-7-13(8-16(29-2)21(15)32-5)23(25)34-19-11-36(27)12-20(19)35-24(26)14-9-17(30-3)22(33-6)18(10-14)31-4/h7-10,19-20H,11-12H2,1-6H3/t19-,20+,36?. The lowest BCUT2D eigenvalue weighted by molar-refractivity contribution is -0.0176. The van der Waals surface area contributed by atoms with Crippen molar-refractivity contribution >= 4 is 22.7 Å². The van der Waals surface area contributed by atoms with Crippen LogP contribution in [0.2, 0.25) is 0 Å². The Morgan fingerprint density at radius 3 is 1.17 bits per heavy atom. The third-order valence-electron chi connectivity index (χ3n) is 5.43. The second-order valence-electron chi connectivity index (χ2n) is 7.49. The summed E-state index contributed by atoms with van der Waals surface area (Å²) >= 11 is 0. The molecule has 12 heteroatoms. The van der Waals surface area contributed by atoms with Gasteiger partial charge in [-0.3, -0.25) is 4.21 Å². The van der Waals surface area contributed by atoms with Crippen LogP contribution in [0.1, 0.15) is 20.7 Å². The molecule has 2 aromatic rings. The molecule has 0 saturated carbocycles. The SMILES string of the molecule is COc1cc(C(=O)O[C@H]2CS(=O)C[C@H]2OC(=O)c2cc(OC)c(OC)c(OC)c2)cc(OC)c1OC. The van der Waals surface area contributed by atoms with E-state index >= 15 is 0 Å². The Balaban J connectivity index is 1.81. The van der Waals surface area contributed by atoms with Crippen molar-refractivity contribution in [3.8, 4) is 34.5 Å². The maximum atomic E-state index is 12.9. The Hall–Kier alpha value is -3.67. The van der Waals surface area contributed by atoms with Crippen LogP contribution >= 0.6 is 0 Å². The average Bonchev–Trinajstić information content (AvgIpc) is 3.24. The van der Waals surface area contributed by atoms with Gasteiger partial charge in [0.15, 0.2) is 35.2 Å². The number of carbonyl (C=O) groups is 2. The minimum Gasteiger partial charge on any atom is -0.493 e. The molecular formula is C24H28O11S. The zero-order valence-electron chi connectivity index (χ0n) is 20.8. The summed E-state index contributed by atoms with van der Waals surface area (Å²) in [4.78, 5) is 25.8. The summed E-state index contributed by atoms with van der Waals surface area (Å²) < 4.78 is 55.1. The van der Waals surface area contributed by atoms with Gasteiger partial charge in [0, 0.05) is 10.8 Å². The van der Waals surface area contributed by atoms with Crippen LogP contribution in [0.15, 0.2) is 24.3 Å². The van der Waals surface area contributed by atoms with Gasteiger partial charge in [0.25, 0.3) is 0 Å². The van der Waals surface area contributed by atoms with Crippen LogP contribution < -0.4 is 28.4 Å². The molecule has 0 bridgehead atoms. The van der Waals surface area contributed by atoms with Crippen molar-refractivity contribution in [2.24, 2.45) is 0 Å². The summed E-state index contributed by atoms with van der Waals surface area (Å²) in [6.07, 6.45) is -1.85. The number of esters is 2. The van der Waals surface area contributed by atoms with Crippen LogP contribution in [0.3, 0.4) is 0 Å². The first-order valence-corrected chi connectivity index (χ1v) is 12.2. The molecule has 11 nitrogen and oxygen atoms in total. The second kappa shape index (κ2) is 11.8. The maximum Gasteiger partial charge on any atom is 0.338 e. The summed E-state index contributed by atoms with van der Waals surface area (Å²) in [7, 11) is 7.22. The van der Waals surface area contributed by atoms with E-state index in [1.54, 1.807) is 0 Å². The fourth-order valence-electron chi connectivity index (χ4n) is 3.68. The van der Waals surface area contributed by atoms with E-state index in [-0.39, 0.29) is 45.6 Å². The Bertz CT molecular complexity index is 1010. The Morgan fingerprint density at radius 1 is 0.611 bits per heavy atom. The highest BCUT2D eigenvalue weighted by Gasteiger charge is 2.39. The van der Waals surface area contributed by atoms with Gasteiger partial charge in [-0.2, -0.15) is 0 Å². The first kappa shape index (κ1) is 26.9. The normalized spacial score (nSPS) is 18.7. The number of ether oxygens (including phenoxy) is 8. The number of benzene rings is 2. The lowest BCUT2D eigenvalue weighted by atomic mass is 10.1. The molecule has 0 radical (unpaired) electrons. The van der Waals surface area contributed by atoms with Crippen LogP contribution in [0.4, 0.5) is 0 Å². The third-order valence-corrected chi connectivity index (χ3v) is 6.83. The summed E-state index contributed by atoms with van der Waals surface area (Å²) in [5.41, 5.74) is 0.244. The van der Waals surface area contributed by atoms with Gasteiger partial charge in [0.05, 0.1) is 65.3 Å². The monoisotopic (exact) mass is 524 g/mol. The predicted octanol–water partition coefficient (Wildman–Crippen LogP) is 2.25. The second-order valence-corrected chi connectivity index (χ2v) is 9.04. The van der Waals surface area contributed by atoms with E-state index in [9.17, 15) is 13.8 Å². The lowest BCUT2D eigenvalue weighted by Crippen LogP contribution is -2.34. The summed E-state index contributed by atoms with van der Waals surface area (Å²) in [6, 6.07) is 5.75. The van der Waals surface area contributed by atoms with E-state index in [1.165, 1.54) is 66.9 Å². The summed E-state index contributed by atoms with van der Waals surface area (Å²) in [5, 5.41) is 0. The van der Waals surface area contributed by atoms with Crippen LogP contribution in [0.25, 0.3) is 0 Å². The van der Waals surface area contributed by atoms with Crippen LogP contribution in [-0.2, 0) is 20.3 Å². The number of hydrogen-bond acceptors (Lipinski definition) is 11. The molecule has 1 fully saturated rings. The van der Waals surface area contributed by atoms with Crippen molar-refractivity contribution < 1.29 is 51.7 Å². The molecule has 0 amide bonds. The molecule has 1 aliphatic rings. The molecule has 3 rings (SSSR count). The van der Waals surface area contributed by atoms with Crippen molar-refractivity contribution in [2.75, 3.05) is 54.2 Å². The Morgan fingerprint density at radius 2 is 0.917 bits per heavy atom. The van der Waals surface area contributed by atoms with Gasteiger partial charge in [0.1, 0.15) is 0 Å². The highest BCUT2D eigenvalue weighted by molar-refractivity contribution is 7.85. The fourth-order valence-corrected chi connectivity index (χ4v) is 5.11. The third kappa shape index (κ3) is 5.59. The lowest BCUT2D eigenvalue weighted by Gasteiger charge is -2.21. The van der Waals surface area contributed by atoms with Gasteiger partial charge in [0.2, 0.25) is 11.5 Å². The quantitative estimate of drug-likeness (QED) is 0.425. The van der Waals surface area contributed by atoms with E-state index in [0.717, 1.165) is 0 Å². The number of carbonyl (C=O) groups excluding carboxylic acids is 2. The van der Waals surface area contributed by atoms with Gasteiger partial charge in [-0.05, 0) is 24.3 Å². The van der Waals surface area contributed by atoms with Crippen LogP contribution in [0, 0.1) is 0 Å². The fraction of sp³-hybridized carbons (Fsp3) is 0.417. The highest BCUT2D eigenvalue weighted by atomic mass is 32.2. The van der Waals surface area contributed by atoms with Crippen molar-refractivity contribution in [1.29, 1.82) is 0 Å². The van der Waals surface area contributed by atoms with E-state index in [4.69, 9.17) is 37.9 Å². The van der Waals surface area contributed by atoms with E-state index in [1.807, 2.05) is 0 Å². The summed E-state index contributed by atoms with van der Waals surface area (Å²) in [6.45, 7) is 0. The molecule has 1 aliphatic heterocycles. The predicted molar refractivity (Wildman–Crippen MR) is 128 cm³/mol. The van der Waals surface area contributed by atoms with E-state index in [0.29, 0.717) is 11.5 Å². The topological polar surface area (TPSA) is 125 Å². The first-order valence-electron chi connectivity index (χ1n) is 10.7. The average molecular weight is 525 g/mol. The smallest absolute Gasteiger partial charge is 0.338 e. The molecule has 0 aromatic heterocycles. The Kier molecular flexibility index (Phi) is 8.86. The minimum absolute atomic E-state index is 0.0172. The Labute approximate surface area is 210 Å². The van der Waals surface area contributed by atoms with Crippen molar-refractivity contribution in [2.45, 2.75) is 12.2 Å². The largest absolute Gasteiger partial charge is 0.493 e. The molecule has 1 saturated heterocycles. The van der Waals surface area contributed by atoms with Gasteiger partial charge >= 0.3 is 11.9 Å². The van der Waals surface area contributed by atoms with Crippen LogP contribution in [-0.4, -0.2) is 82.5 Å². The summed E-state index contributed by atoms with van der Waals surface area (Å²) in [5.74, 6) is 0.277. The minimum atomic E-state index is -1.36.